The van der Waals surface area contributed by atoms with Gasteiger partial charge in [-0.3, -0.25) is 9.78 Å². The van der Waals surface area contributed by atoms with Gasteiger partial charge in [-0.05, 0) is 54.8 Å². The highest BCUT2D eigenvalue weighted by Gasteiger charge is 2.33. The summed E-state index contributed by atoms with van der Waals surface area (Å²) in [5.74, 6) is -0.238. The lowest BCUT2D eigenvalue weighted by molar-refractivity contribution is 0.0963. The van der Waals surface area contributed by atoms with E-state index >= 15 is 0 Å². The van der Waals surface area contributed by atoms with E-state index in [9.17, 15) is 13.2 Å². The van der Waals surface area contributed by atoms with Crippen LogP contribution in [0.4, 0.5) is 0 Å². The number of aromatic nitrogens is 1. The van der Waals surface area contributed by atoms with Crippen LogP contribution in [0.15, 0.2) is 53.7 Å². The zero-order chi connectivity index (χ0) is 18.6. The third-order valence-electron chi connectivity index (χ3n) is 4.74. The zero-order valence-electron chi connectivity index (χ0n) is 14.8. The SMILES string of the molecule is CNC(=O)c1ccc(S(=O)(=O)N2CCCCC[C@@H]2c2ccncc2)cc1. The van der Waals surface area contributed by atoms with Crippen LogP contribution in [0.1, 0.15) is 47.6 Å². The van der Waals surface area contributed by atoms with Gasteiger partial charge in [-0.15, -0.1) is 0 Å². The smallest absolute Gasteiger partial charge is 0.251 e. The highest BCUT2D eigenvalue weighted by molar-refractivity contribution is 7.89. The van der Waals surface area contributed by atoms with E-state index in [1.807, 2.05) is 12.1 Å². The Labute approximate surface area is 154 Å². The van der Waals surface area contributed by atoms with Crippen LogP contribution in [0.25, 0.3) is 0 Å². The number of hydrogen-bond acceptors (Lipinski definition) is 4. The molecule has 0 spiro atoms. The first-order valence-corrected chi connectivity index (χ1v) is 10.2. The number of amides is 1. The molecule has 6 nitrogen and oxygen atoms in total. The van der Waals surface area contributed by atoms with Gasteiger partial charge >= 0.3 is 0 Å². The summed E-state index contributed by atoms with van der Waals surface area (Å²) in [6.07, 6.45) is 7.04. The van der Waals surface area contributed by atoms with Crippen molar-refractivity contribution >= 4 is 15.9 Å². The number of hydrogen-bond donors (Lipinski definition) is 1. The number of rotatable bonds is 4. The minimum Gasteiger partial charge on any atom is -0.355 e. The molecule has 1 atom stereocenters. The average Bonchev–Trinajstić information content (AvgIpc) is 2.95. The summed E-state index contributed by atoms with van der Waals surface area (Å²) in [5.41, 5.74) is 1.40. The van der Waals surface area contributed by atoms with Crippen molar-refractivity contribution in [2.45, 2.75) is 36.6 Å². The van der Waals surface area contributed by atoms with Gasteiger partial charge in [-0.1, -0.05) is 12.8 Å². The van der Waals surface area contributed by atoms with Crippen molar-refractivity contribution in [1.29, 1.82) is 0 Å². The van der Waals surface area contributed by atoms with Crippen LogP contribution in [-0.2, 0) is 10.0 Å². The molecule has 3 rings (SSSR count). The molecular formula is C19H23N3O3S. The number of carbonyl (C=O) groups excluding carboxylic acids is 1. The topological polar surface area (TPSA) is 79.4 Å². The highest BCUT2D eigenvalue weighted by Crippen LogP contribution is 2.34. The van der Waals surface area contributed by atoms with Crippen molar-refractivity contribution < 1.29 is 13.2 Å². The normalized spacial score (nSPS) is 18.9. The second-order valence-corrected chi connectivity index (χ2v) is 8.26. The molecule has 0 aliphatic carbocycles. The van der Waals surface area contributed by atoms with E-state index in [0.717, 1.165) is 31.2 Å². The molecule has 0 bridgehead atoms. The number of pyridine rings is 1. The maximum Gasteiger partial charge on any atom is 0.251 e. The van der Waals surface area contributed by atoms with Crippen molar-refractivity contribution in [2.75, 3.05) is 13.6 Å². The molecule has 2 aromatic rings. The largest absolute Gasteiger partial charge is 0.355 e. The molecule has 0 unspecified atom stereocenters. The van der Waals surface area contributed by atoms with E-state index < -0.39 is 10.0 Å². The van der Waals surface area contributed by atoms with Crippen molar-refractivity contribution in [3.63, 3.8) is 0 Å². The molecule has 26 heavy (non-hydrogen) atoms. The molecule has 1 amide bonds. The van der Waals surface area contributed by atoms with E-state index in [-0.39, 0.29) is 16.8 Å². The molecule has 1 aromatic heterocycles. The number of nitrogens with one attached hydrogen (secondary N) is 1. The fraction of sp³-hybridized carbons (Fsp3) is 0.368. The van der Waals surface area contributed by atoms with Gasteiger partial charge in [0, 0.05) is 31.5 Å². The first-order chi connectivity index (χ1) is 12.5. The zero-order valence-corrected chi connectivity index (χ0v) is 15.6. The summed E-state index contributed by atoms with van der Waals surface area (Å²) in [4.78, 5) is 15.9. The quantitative estimate of drug-likeness (QED) is 0.894. The minimum atomic E-state index is -3.65. The maximum absolute atomic E-state index is 13.3. The Kier molecular flexibility index (Phi) is 5.68. The highest BCUT2D eigenvalue weighted by atomic mass is 32.2. The summed E-state index contributed by atoms with van der Waals surface area (Å²) in [6, 6.07) is 9.68. The van der Waals surface area contributed by atoms with Gasteiger partial charge in [0.25, 0.3) is 5.91 Å². The number of nitrogens with zero attached hydrogens (tertiary/aromatic N) is 2. The molecule has 1 aliphatic rings. The Morgan fingerprint density at radius 2 is 1.77 bits per heavy atom. The van der Waals surface area contributed by atoms with Gasteiger partial charge in [0.1, 0.15) is 0 Å². The number of benzene rings is 1. The molecule has 2 heterocycles. The molecule has 1 saturated heterocycles. The Bertz CT molecular complexity index is 851. The Morgan fingerprint density at radius 3 is 2.42 bits per heavy atom. The molecule has 0 saturated carbocycles. The predicted molar refractivity (Wildman–Crippen MR) is 99.2 cm³/mol. The summed E-state index contributed by atoms with van der Waals surface area (Å²) < 4.78 is 28.2. The molecule has 0 radical (unpaired) electrons. The van der Waals surface area contributed by atoms with Crippen molar-refractivity contribution in [1.82, 2.24) is 14.6 Å². The third kappa shape index (κ3) is 3.78. The van der Waals surface area contributed by atoms with E-state index in [1.54, 1.807) is 35.9 Å². The predicted octanol–water partition coefficient (Wildman–Crippen LogP) is 2.75. The van der Waals surface area contributed by atoms with E-state index in [0.29, 0.717) is 12.1 Å². The van der Waals surface area contributed by atoms with Crippen LogP contribution in [-0.4, -0.2) is 37.2 Å². The second kappa shape index (κ2) is 7.97. The van der Waals surface area contributed by atoms with Gasteiger partial charge in [0.05, 0.1) is 10.9 Å². The lowest BCUT2D eigenvalue weighted by atomic mass is 10.0. The van der Waals surface area contributed by atoms with Crippen LogP contribution in [0.5, 0.6) is 0 Å². The lowest BCUT2D eigenvalue weighted by Crippen LogP contribution is -2.35. The van der Waals surface area contributed by atoms with Crippen LogP contribution >= 0.6 is 0 Å². The van der Waals surface area contributed by atoms with E-state index in [4.69, 9.17) is 0 Å². The summed E-state index contributed by atoms with van der Waals surface area (Å²) in [7, 11) is -2.11. The molecule has 1 N–H and O–H groups in total. The third-order valence-corrected chi connectivity index (χ3v) is 6.67. The first-order valence-electron chi connectivity index (χ1n) is 8.78. The Morgan fingerprint density at radius 1 is 1.08 bits per heavy atom. The summed E-state index contributed by atoms with van der Waals surface area (Å²) in [6.45, 7) is 0.493. The standard InChI is InChI=1S/C19H23N3O3S/c1-20-19(23)16-6-8-17(9-7-16)26(24,25)22-14-4-2-3-5-18(22)15-10-12-21-13-11-15/h6-13,18H,2-5,14H2,1H3,(H,20,23)/t18-/m1/s1. The van der Waals surface area contributed by atoms with Gasteiger partial charge < -0.3 is 5.32 Å². The van der Waals surface area contributed by atoms with Gasteiger partial charge in [0.15, 0.2) is 0 Å². The van der Waals surface area contributed by atoms with Gasteiger partial charge in [0.2, 0.25) is 10.0 Å². The fourth-order valence-electron chi connectivity index (χ4n) is 3.35. The maximum atomic E-state index is 13.3. The molecule has 1 aromatic carbocycles. The Balaban J connectivity index is 1.96. The molecule has 138 valence electrons. The van der Waals surface area contributed by atoms with Crippen LogP contribution < -0.4 is 5.32 Å². The molecule has 1 aliphatic heterocycles. The van der Waals surface area contributed by atoms with Crippen LogP contribution in [0.2, 0.25) is 0 Å². The monoisotopic (exact) mass is 373 g/mol. The molecule has 7 heteroatoms. The van der Waals surface area contributed by atoms with Crippen molar-refractivity contribution in [3.8, 4) is 0 Å². The number of carbonyl (C=O) groups is 1. The van der Waals surface area contributed by atoms with Crippen molar-refractivity contribution in [2.24, 2.45) is 0 Å². The second-order valence-electron chi connectivity index (χ2n) is 6.36. The lowest BCUT2D eigenvalue weighted by Gasteiger charge is -2.29. The van der Waals surface area contributed by atoms with E-state index in [1.165, 1.54) is 12.1 Å². The average molecular weight is 373 g/mol. The summed E-state index contributed by atoms with van der Waals surface area (Å²) in [5, 5.41) is 2.53. The van der Waals surface area contributed by atoms with Crippen LogP contribution in [0.3, 0.4) is 0 Å². The van der Waals surface area contributed by atoms with E-state index in [2.05, 4.69) is 10.3 Å². The Hall–Kier alpha value is -2.25. The molecular weight excluding hydrogens is 350 g/mol. The van der Waals surface area contributed by atoms with Gasteiger partial charge in [-0.25, -0.2) is 8.42 Å². The first kappa shape index (κ1) is 18.5. The molecule has 1 fully saturated rings. The fourth-order valence-corrected chi connectivity index (χ4v) is 5.03. The van der Waals surface area contributed by atoms with Crippen LogP contribution in [0, 0.1) is 0 Å². The van der Waals surface area contributed by atoms with Gasteiger partial charge in [-0.2, -0.15) is 4.31 Å². The number of sulfonamides is 1. The summed E-state index contributed by atoms with van der Waals surface area (Å²) >= 11 is 0. The minimum absolute atomic E-state index is 0.191. The van der Waals surface area contributed by atoms with Crippen molar-refractivity contribution in [3.05, 3.63) is 59.9 Å².